The highest BCUT2D eigenvalue weighted by molar-refractivity contribution is 6.61. The summed E-state index contributed by atoms with van der Waals surface area (Å²) in [6.45, 7) is 17.2. The van der Waals surface area contributed by atoms with E-state index in [9.17, 15) is 0 Å². The lowest BCUT2D eigenvalue weighted by Gasteiger charge is -2.28. The number of hydrogen-bond acceptors (Lipinski definition) is 11. The van der Waals surface area contributed by atoms with Crippen LogP contribution in [0.3, 0.4) is 0 Å². The third kappa shape index (κ3) is 14.1. The lowest BCUT2D eigenvalue weighted by molar-refractivity contribution is 0.0691. The lowest BCUT2D eigenvalue weighted by Crippen LogP contribution is -2.46. The average molecular weight is 949 g/mol. The molecule has 3 heterocycles. The molecule has 1 saturated heterocycles. The molecular weight excluding hydrogens is 881 g/mol. The van der Waals surface area contributed by atoms with Gasteiger partial charge in [0.1, 0.15) is 11.4 Å². The standard InChI is InChI=1S/C46H58N6O6Si2.C4H10OSi/c1-7-53-59(54-8-2,55-9-3)33-31-51-35-43(47-49-51)37-23-27-41(28-24-37)45(39-19-15-13-16-20-39)46(40-21-17-14-18-22-40)42-29-25-38(26-30-42)44-36-52(50-48-44)32-34-60(56-10-4,57-11-5)58-12-6;1-2-4-6-5-3-1/h13-30,35-36H,7-12,31-34H2,1-6H3;1-4,6H2. The minimum absolute atomic E-state index is 0.00849. The van der Waals surface area contributed by atoms with Crippen molar-refractivity contribution in [3.05, 3.63) is 144 Å². The normalized spacial score (nSPS) is 13.9. The molecule has 0 N–H and O–H groups in total. The fourth-order valence-corrected chi connectivity index (χ4v) is 14.2. The van der Waals surface area contributed by atoms with Gasteiger partial charge in [0.15, 0.2) is 9.76 Å². The monoisotopic (exact) mass is 948 g/mol. The molecule has 0 radical (unpaired) electrons. The molecule has 0 amide bonds. The minimum Gasteiger partial charge on any atom is -0.424 e. The molecule has 0 spiro atoms. The molecule has 7 rings (SSSR count). The second kappa shape index (κ2) is 26.6. The van der Waals surface area contributed by atoms with Crippen LogP contribution in [0.2, 0.25) is 18.1 Å². The maximum Gasteiger partial charge on any atom is 0.502 e. The van der Waals surface area contributed by atoms with Crippen molar-refractivity contribution in [1.82, 2.24) is 30.0 Å². The van der Waals surface area contributed by atoms with Crippen LogP contribution in [0.25, 0.3) is 33.7 Å². The predicted octanol–water partition coefficient (Wildman–Crippen LogP) is 9.61. The van der Waals surface area contributed by atoms with Crippen LogP contribution < -0.4 is 0 Å². The topological polar surface area (TPSA) is 126 Å². The Balaban J connectivity index is 0.00000111. The van der Waals surface area contributed by atoms with Gasteiger partial charge in [-0.25, -0.2) is 0 Å². The summed E-state index contributed by atoms with van der Waals surface area (Å²) in [6.07, 6.45) is 6.69. The van der Waals surface area contributed by atoms with Crippen molar-refractivity contribution < 1.29 is 31.0 Å². The predicted molar refractivity (Wildman–Crippen MR) is 268 cm³/mol. The van der Waals surface area contributed by atoms with Crippen LogP contribution in [0.5, 0.6) is 0 Å². The zero-order valence-electron chi connectivity index (χ0n) is 39.7. The van der Waals surface area contributed by atoms with E-state index in [1.54, 1.807) is 0 Å². The first-order valence-electron chi connectivity index (χ1n) is 23.7. The van der Waals surface area contributed by atoms with E-state index in [2.05, 4.69) is 118 Å². The highest BCUT2D eigenvalue weighted by Crippen LogP contribution is 2.38. The molecular formula is C50H68N6O7Si3. The average Bonchev–Trinajstić information content (AvgIpc) is 4.05. The van der Waals surface area contributed by atoms with Crippen molar-refractivity contribution in [3.8, 4) is 22.5 Å². The highest BCUT2D eigenvalue weighted by Gasteiger charge is 2.41. The number of aromatic nitrogens is 6. The van der Waals surface area contributed by atoms with Gasteiger partial charge in [-0.1, -0.05) is 126 Å². The summed E-state index contributed by atoms with van der Waals surface area (Å²) in [5, 5.41) is 18.0. The molecule has 0 bridgehead atoms. The van der Waals surface area contributed by atoms with E-state index in [1.807, 2.05) is 75.4 Å². The smallest absolute Gasteiger partial charge is 0.424 e. The van der Waals surface area contributed by atoms with Gasteiger partial charge in [-0.3, -0.25) is 9.36 Å². The summed E-state index contributed by atoms with van der Waals surface area (Å²) in [5.74, 6) is 0. The number of benzene rings is 4. The van der Waals surface area contributed by atoms with E-state index in [4.69, 9.17) is 31.0 Å². The summed E-state index contributed by atoms with van der Waals surface area (Å²) in [7, 11) is -5.62. The van der Waals surface area contributed by atoms with Gasteiger partial charge >= 0.3 is 17.6 Å². The van der Waals surface area contributed by atoms with Crippen molar-refractivity contribution in [2.75, 3.05) is 46.2 Å². The Morgan fingerprint density at radius 3 is 1.15 bits per heavy atom. The second-order valence-electron chi connectivity index (χ2n) is 15.5. The molecule has 1 fully saturated rings. The Bertz CT molecular complexity index is 2120. The molecule has 6 aromatic rings. The molecule has 4 aromatic carbocycles. The molecule has 0 aliphatic carbocycles. The summed E-state index contributed by atoms with van der Waals surface area (Å²) >= 11 is 0. The van der Waals surface area contributed by atoms with E-state index in [0.29, 0.717) is 64.8 Å². The first-order valence-corrected chi connectivity index (χ1v) is 29.1. The molecule has 16 heteroatoms. The maximum atomic E-state index is 6.05. The maximum absolute atomic E-state index is 6.05. The molecule has 352 valence electrons. The SMILES string of the molecule is C1CC[SiH2]OC1.CCO[Si](CCn1cc(-c2ccc(C(=C(c3ccccc3)c3ccc(-c4cn(CC[Si](OCC)(OCC)OCC)nn4)cc3)c3ccccc3)cc2)nn1)(OCC)OCC. The molecule has 0 unspecified atom stereocenters. The quantitative estimate of drug-likeness (QED) is 0.0426. The van der Waals surface area contributed by atoms with E-state index in [-0.39, 0.29) is 9.76 Å². The van der Waals surface area contributed by atoms with Gasteiger partial charge in [0.05, 0.1) is 12.4 Å². The largest absolute Gasteiger partial charge is 0.502 e. The van der Waals surface area contributed by atoms with Gasteiger partial charge in [-0.15, -0.1) is 10.2 Å². The second-order valence-corrected chi connectivity index (χ2v) is 22.5. The Hall–Kier alpha value is -4.73. The Morgan fingerprint density at radius 1 is 0.500 bits per heavy atom. The van der Waals surface area contributed by atoms with Gasteiger partial charge in [-0.2, -0.15) is 0 Å². The summed E-state index contributed by atoms with van der Waals surface area (Å²) in [4.78, 5) is 0. The van der Waals surface area contributed by atoms with E-state index in [0.717, 1.165) is 62.5 Å². The minimum atomic E-state index is -2.81. The van der Waals surface area contributed by atoms with Crippen LogP contribution in [0.15, 0.2) is 122 Å². The van der Waals surface area contributed by atoms with Crippen LogP contribution in [-0.4, -0.2) is 104 Å². The van der Waals surface area contributed by atoms with Gasteiger partial charge in [0.25, 0.3) is 0 Å². The molecule has 1 aliphatic rings. The molecule has 0 saturated carbocycles. The fraction of sp³-hybridized carbons (Fsp3) is 0.400. The third-order valence-electron chi connectivity index (χ3n) is 10.9. The van der Waals surface area contributed by atoms with Gasteiger partial charge in [-0.05, 0) is 87.4 Å². The van der Waals surface area contributed by atoms with E-state index >= 15 is 0 Å². The molecule has 1 aliphatic heterocycles. The van der Waals surface area contributed by atoms with E-state index < -0.39 is 17.6 Å². The number of nitrogens with zero attached hydrogens (tertiary/aromatic N) is 6. The van der Waals surface area contributed by atoms with Crippen molar-refractivity contribution in [2.45, 2.75) is 85.6 Å². The fourth-order valence-electron chi connectivity index (χ4n) is 8.01. The zero-order chi connectivity index (χ0) is 46.5. The summed E-state index contributed by atoms with van der Waals surface area (Å²) < 4.78 is 45.2. The zero-order valence-corrected chi connectivity index (χ0v) is 43.1. The van der Waals surface area contributed by atoms with Crippen molar-refractivity contribution >= 4 is 38.5 Å². The van der Waals surface area contributed by atoms with Crippen LogP contribution in [0.4, 0.5) is 0 Å². The number of hydrogen-bond donors (Lipinski definition) is 0. The van der Waals surface area contributed by atoms with Crippen LogP contribution >= 0.6 is 0 Å². The first kappa shape index (κ1) is 50.7. The summed E-state index contributed by atoms with van der Waals surface area (Å²) in [6, 6.07) is 40.9. The third-order valence-corrected chi connectivity index (χ3v) is 18.4. The van der Waals surface area contributed by atoms with E-state index in [1.165, 1.54) is 18.9 Å². The number of aryl methyl sites for hydroxylation is 2. The summed E-state index contributed by atoms with van der Waals surface area (Å²) in [5.41, 5.74) is 10.1. The first-order chi connectivity index (χ1) is 32.4. The van der Waals surface area contributed by atoms with Crippen LogP contribution in [0, 0.1) is 0 Å². The Kier molecular flexibility index (Phi) is 20.4. The number of rotatable bonds is 24. The van der Waals surface area contributed by atoms with Gasteiger partial charge in [0, 0.05) is 82.6 Å². The van der Waals surface area contributed by atoms with Crippen molar-refractivity contribution in [3.63, 3.8) is 0 Å². The molecule has 13 nitrogen and oxygen atoms in total. The van der Waals surface area contributed by atoms with Crippen molar-refractivity contribution in [2.24, 2.45) is 0 Å². The molecule has 2 aromatic heterocycles. The molecule has 66 heavy (non-hydrogen) atoms. The highest BCUT2D eigenvalue weighted by atomic mass is 28.4. The van der Waals surface area contributed by atoms with Gasteiger partial charge < -0.3 is 31.0 Å². The van der Waals surface area contributed by atoms with Crippen LogP contribution in [-0.2, 0) is 44.1 Å². The Labute approximate surface area is 396 Å². The lowest BCUT2D eigenvalue weighted by atomic mass is 9.85. The van der Waals surface area contributed by atoms with Gasteiger partial charge in [0.2, 0.25) is 0 Å². The van der Waals surface area contributed by atoms with Crippen LogP contribution in [0.1, 0.15) is 76.6 Å². The molecule has 0 atom stereocenters. The Morgan fingerprint density at radius 2 is 0.864 bits per heavy atom. The van der Waals surface area contributed by atoms with Crippen molar-refractivity contribution in [1.29, 1.82) is 0 Å².